The van der Waals surface area contributed by atoms with Gasteiger partial charge in [-0.1, -0.05) is 17.7 Å². The van der Waals surface area contributed by atoms with Crippen molar-refractivity contribution in [1.82, 2.24) is 0 Å². The first-order valence-electron chi connectivity index (χ1n) is 6.32. The molecule has 0 saturated carbocycles. The number of hydrogen-bond acceptors (Lipinski definition) is 5. The van der Waals surface area contributed by atoms with E-state index in [4.69, 9.17) is 14.4 Å². The third-order valence-electron chi connectivity index (χ3n) is 2.92. The number of hydrogen-bond donors (Lipinski definition) is 2. The SMILES string of the molecule is Cc1ccc(S(=O)(=O)Oc2cc(C(=O)O)cc(C(=O)O)c2)cc1. The Morgan fingerprint density at radius 2 is 1.39 bits per heavy atom. The predicted molar refractivity (Wildman–Crippen MR) is 79.4 cm³/mol. The van der Waals surface area contributed by atoms with E-state index in [1.165, 1.54) is 12.1 Å². The zero-order valence-corrected chi connectivity index (χ0v) is 12.7. The molecule has 7 nitrogen and oxygen atoms in total. The summed E-state index contributed by atoms with van der Waals surface area (Å²) in [5, 5.41) is 17.9. The largest absolute Gasteiger partial charge is 0.478 e. The van der Waals surface area contributed by atoms with Gasteiger partial charge < -0.3 is 14.4 Å². The van der Waals surface area contributed by atoms with Gasteiger partial charge in [0.1, 0.15) is 10.6 Å². The van der Waals surface area contributed by atoms with E-state index in [9.17, 15) is 18.0 Å². The van der Waals surface area contributed by atoms with Crippen LogP contribution in [0.1, 0.15) is 26.3 Å². The van der Waals surface area contributed by atoms with Crippen LogP contribution in [0, 0.1) is 6.92 Å². The molecular formula is C15H12O7S. The molecule has 2 rings (SSSR count). The van der Waals surface area contributed by atoms with Gasteiger partial charge in [0, 0.05) is 0 Å². The van der Waals surface area contributed by atoms with Crippen LogP contribution in [0.2, 0.25) is 0 Å². The molecule has 0 atom stereocenters. The number of carboxylic acids is 2. The average Bonchev–Trinajstić information content (AvgIpc) is 2.46. The molecule has 0 unspecified atom stereocenters. The molecule has 0 heterocycles. The first kappa shape index (κ1) is 16.5. The second-order valence-corrected chi connectivity index (χ2v) is 6.25. The predicted octanol–water partition coefficient (Wildman–Crippen LogP) is 2.16. The summed E-state index contributed by atoms with van der Waals surface area (Å²) in [4.78, 5) is 21.9. The molecule has 0 amide bonds. The van der Waals surface area contributed by atoms with E-state index < -0.39 is 22.1 Å². The minimum Gasteiger partial charge on any atom is -0.478 e. The molecule has 0 saturated heterocycles. The zero-order valence-electron chi connectivity index (χ0n) is 11.9. The minimum atomic E-state index is -4.20. The smallest absolute Gasteiger partial charge is 0.339 e. The Morgan fingerprint density at radius 3 is 1.83 bits per heavy atom. The highest BCUT2D eigenvalue weighted by molar-refractivity contribution is 7.87. The maximum atomic E-state index is 12.2. The van der Waals surface area contributed by atoms with Crippen molar-refractivity contribution in [3.05, 3.63) is 59.2 Å². The van der Waals surface area contributed by atoms with E-state index in [1.54, 1.807) is 19.1 Å². The number of benzene rings is 2. The fraction of sp³-hybridized carbons (Fsp3) is 0.0667. The standard InChI is InChI=1S/C15H12O7S/c1-9-2-4-13(5-3-9)23(20,21)22-12-7-10(14(16)17)6-11(8-12)15(18)19/h2-8H,1H3,(H,16,17)(H,18,19). The molecule has 0 aliphatic carbocycles. The second kappa shape index (κ2) is 6.09. The van der Waals surface area contributed by atoms with E-state index in [1.807, 2.05) is 0 Å². The molecule has 2 aromatic carbocycles. The monoisotopic (exact) mass is 336 g/mol. The minimum absolute atomic E-state index is 0.124. The van der Waals surface area contributed by atoms with Crippen molar-refractivity contribution >= 4 is 22.1 Å². The Labute approximate surface area is 131 Å². The molecule has 0 aromatic heterocycles. The van der Waals surface area contributed by atoms with Crippen LogP contribution in [0.25, 0.3) is 0 Å². The highest BCUT2D eigenvalue weighted by atomic mass is 32.2. The molecule has 2 N–H and O–H groups in total. The molecule has 2 aromatic rings. The number of carbonyl (C=O) groups is 2. The van der Waals surface area contributed by atoms with Crippen molar-refractivity contribution in [2.24, 2.45) is 0 Å². The Morgan fingerprint density at radius 1 is 0.913 bits per heavy atom. The van der Waals surface area contributed by atoms with Crippen molar-refractivity contribution in [1.29, 1.82) is 0 Å². The maximum Gasteiger partial charge on any atom is 0.339 e. The molecule has 0 fully saturated rings. The summed E-state index contributed by atoms with van der Waals surface area (Å²) < 4.78 is 29.2. The van der Waals surface area contributed by atoms with Gasteiger partial charge in [0.05, 0.1) is 11.1 Å². The van der Waals surface area contributed by atoms with Gasteiger partial charge in [0.2, 0.25) is 0 Å². The summed E-state index contributed by atoms with van der Waals surface area (Å²) >= 11 is 0. The third-order valence-corrected chi connectivity index (χ3v) is 4.18. The zero-order chi connectivity index (χ0) is 17.2. The van der Waals surface area contributed by atoms with Crippen molar-refractivity contribution in [3.63, 3.8) is 0 Å². The van der Waals surface area contributed by atoms with Gasteiger partial charge in [-0.15, -0.1) is 0 Å². The van der Waals surface area contributed by atoms with Crippen LogP contribution in [0.5, 0.6) is 5.75 Å². The fourth-order valence-electron chi connectivity index (χ4n) is 1.77. The highest BCUT2D eigenvalue weighted by Gasteiger charge is 2.19. The molecule has 0 aliphatic rings. The number of aromatic carboxylic acids is 2. The number of rotatable bonds is 5. The molecule has 23 heavy (non-hydrogen) atoms. The van der Waals surface area contributed by atoms with Gasteiger partial charge in [-0.3, -0.25) is 0 Å². The van der Waals surface area contributed by atoms with Crippen LogP contribution in [0.4, 0.5) is 0 Å². The quantitative estimate of drug-likeness (QED) is 0.803. The summed E-state index contributed by atoms with van der Waals surface area (Å²) in [7, 11) is -4.20. The second-order valence-electron chi connectivity index (χ2n) is 4.71. The summed E-state index contributed by atoms with van der Waals surface area (Å²) in [6, 6.07) is 8.63. The Kier molecular flexibility index (Phi) is 4.37. The van der Waals surface area contributed by atoms with Gasteiger partial charge in [-0.25, -0.2) is 9.59 Å². The van der Waals surface area contributed by atoms with Gasteiger partial charge >= 0.3 is 22.1 Å². The number of aryl methyl sites for hydroxylation is 1. The Hall–Kier alpha value is -2.87. The van der Waals surface area contributed by atoms with Crippen molar-refractivity contribution in [3.8, 4) is 5.75 Å². The fourth-order valence-corrected chi connectivity index (χ4v) is 2.69. The molecule has 0 bridgehead atoms. The Balaban J connectivity index is 2.44. The van der Waals surface area contributed by atoms with Gasteiger partial charge in [0.15, 0.2) is 0 Å². The first-order valence-corrected chi connectivity index (χ1v) is 7.73. The van der Waals surface area contributed by atoms with Crippen LogP contribution < -0.4 is 4.18 Å². The molecular weight excluding hydrogens is 324 g/mol. The van der Waals surface area contributed by atoms with E-state index in [0.29, 0.717) is 0 Å². The summed E-state index contributed by atoms with van der Waals surface area (Å²) in [6.07, 6.45) is 0. The molecule has 0 aliphatic heterocycles. The molecule has 8 heteroatoms. The van der Waals surface area contributed by atoms with Crippen LogP contribution >= 0.6 is 0 Å². The van der Waals surface area contributed by atoms with Crippen LogP contribution in [-0.4, -0.2) is 30.6 Å². The van der Waals surface area contributed by atoms with Crippen molar-refractivity contribution in [2.75, 3.05) is 0 Å². The average molecular weight is 336 g/mol. The first-order chi connectivity index (χ1) is 10.7. The Bertz CT molecular complexity index is 835. The lowest BCUT2D eigenvalue weighted by Gasteiger charge is -2.09. The van der Waals surface area contributed by atoms with Gasteiger partial charge in [0.25, 0.3) is 0 Å². The van der Waals surface area contributed by atoms with Gasteiger partial charge in [-0.2, -0.15) is 8.42 Å². The van der Waals surface area contributed by atoms with Crippen LogP contribution in [-0.2, 0) is 10.1 Å². The molecule has 0 spiro atoms. The van der Waals surface area contributed by atoms with E-state index >= 15 is 0 Å². The third kappa shape index (κ3) is 3.86. The van der Waals surface area contributed by atoms with Crippen molar-refractivity contribution in [2.45, 2.75) is 11.8 Å². The van der Waals surface area contributed by atoms with Crippen molar-refractivity contribution < 1.29 is 32.4 Å². The lowest BCUT2D eigenvalue weighted by atomic mass is 10.1. The molecule has 0 radical (unpaired) electrons. The maximum absolute atomic E-state index is 12.2. The van der Waals surface area contributed by atoms with Crippen LogP contribution in [0.15, 0.2) is 47.4 Å². The normalized spacial score (nSPS) is 11.0. The highest BCUT2D eigenvalue weighted by Crippen LogP contribution is 2.22. The lowest BCUT2D eigenvalue weighted by Crippen LogP contribution is -2.11. The van der Waals surface area contributed by atoms with Crippen LogP contribution in [0.3, 0.4) is 0 Å². The number of carboxylic acid groups (broad SMARTS) is 2. The topological polar surface area (TPSA) is 118 Å². The lowest BCUT2D eigenvalue weighted by molar-refractivity contribution is 0.0696. The van der Waals surface area contributed by atoms with E-state index in [-0.39, 0.29) is 21.8 Å². The summed E-state index contributed by atoms with van der Waals surface area (Å²) in [5.74, 6) is -3.18. The van der Waals surface area contributed by atoms with E-state index in [2.05, 4.69) is 0 Å². The summed E-state index contributed by atoms with van der Waals surface area (Å²) in [6.45, 7) is 1.78. The summed E-state index contributed by atoms with van der Waals surface area (Å²) in [5.41, 5.74) is 0.0722. The molecule has 120 valence electrons. The van der Waals surface area contributed by atoms with E-state index in [0.717, 1.165) is 23.8 Å². The van der Waals surface area contributed by atoms with Gasteiger partial charge in [-0.05, 0) is 37.3 Å².